The van der Waals surface area contributed by atoms with Gasteiger partial charge in [-0.05, 0) is 5.92 Å². The van der Waals surface area contributed by atoms with E-state index in [4.69, 9.17) is 15.6 Å². The smallest absolute Gasteiger partial charge is 0.271 e. The number of carbonyl (C=O) groups is 1. The van der Waals surface area contributed by atoms with Crippen molar-refractivity contribution < 1.29 is 14.6 Å². The molecule has 1 aromatic heterocycles. The average molecular weight is 242 g/mol. The summed E-state index contributed by atoms with van der Waals surface area (Å²) < 4.78 is 6.75. The molecule has 0 saturated carbocycles. The second kappa shape index (κ2) is 6.31. The first-order valence-corrected chi connectivity index (χ1v) is 5.49. The standard InChI is InChI=1S/C10H18N4O3/c1-7(2)9-8(10(11)16)12-13-14(9)3-5-17-6-4-15/h7,15H,3-6H2,1-2H3,(H2,11,16). The normalized spacial score (nSPS) is 11.1. The number of hydrogen-bond donors (Lipinski definition) is 2. The second-order valence-electron chi connectivity index (χ2n) is 3.90. The summed E-state index contributed by atoms with van der Waals surface area (Å²) in [6.45, 7) is 5.04. The Morgan fingerprint density at radius 1 is 1.53 bits per heavy atom. The topological polar surface area (TPSA) is 103 Å². The number of carbonyl (C=O) groups excluding carboxylic acids is 1. The highest BCUT2D eigenvalue weighted by Gasteiger charge is 2.19. The first kappa shape index (κ1) is 13.6. The Hall–Kier alpha value is -1.47. The molecule has 96 valence electrons. The lowest BCUT2D eigenvalue weighted by molar-refractivity contribution is 0.0846. The van der Waals surface area contributed by atoms with Crippen molar-refractivity contribution in [2.75, 3.05) is 19.8 Å². The number of rotatable bonds is 7. The molecule has 1 heterocycles. The van der Waals surface area contributed by atoms with Crippen molar-refractivity contribution in [3.05, 3.63) is 11.4 Å². The maximum Gasteiger partial charge on any atom is 0.271 e. The predicted octanol–water partition coefficient (Wildman–Crippen LogP) is -0.491. The molecular weight excluding hydrogens is 224 g/mol. The summed E-state index contributed by atoms with van der Waals surface area (Å²) in [6.07, 6.45) is 0. The molecule has 0 fully saturated rings. The Labute approximate surface area is 99.6 Å². The third-order valence-corrected chi connectivity index (χ3v) is 2.24. The van der Waals surface area contributed by atoms with Crippen LogP contribution >= 0.6 is 0 Å². The number of nitrogens with two attached hydrogens (primary N) is 1. The van der Waals surface area contributed by atoms with Gasteiger partial charge in [-0.25, -0.2) is 4.68 Å². The van der Waals surface area contributed by atoms with Crippen molar-refractivity contribution in [1.82, 2.24) is 15.0 Å². The molecule has 7 nitrogen and oxygen atoms in total. The monoisotopic (exact) mass is 242 g/mol. The number of aliphatic hydroxyl groups excluding tert-OH is 1. The minimum Gasteiger partial charge on any atom is -0.394 e. The van der Waals surface area contributed by atoms with Gasteiger partial charge >= 0.3 is 0 Å². The molecule has 17 heavy (non-hydrogen) atoms. The van der Waals surface area contributed by atoms with Gasteiger partial charge in [0.15, 0.2) is 5.69 Å². The Bertz CT molecular complexity index is 376. The van der Waals surface area contributed by atoms with Crippen LogP contribution in [-0.4, -0.2) is 45.8 Å². The molecule has 0 aliphatic carbocycles. The lowest BCUT2D eigenvalue weighted by Gasteiger charge is -2.10. The summed E-state index contributed by atoms with van der Waals surface area (Å²) in [4.78, 5) is 11.2. The molecular formula is C10H18N4O3. The van der Waals surface area contributed by atoms with E-state index in [9.17, 15) is 4.79 Å². The number of aromatic nitrogens is 3. The van der Waals surface area contributed by atoms with Crippen LogP contribution in [0.2, 0.25) is 0 Å². The highest BCUT2D eigenvalue weighted by molar-refractivity contribution is 5.91. The number of nitrogens with zero attached hydrogens (tertiary/aromatic N) is 3. The average Bonchev–Trinajstić information content (AvgIpc) is 2.68. The Morgan fingerprint density at radius 3 is 2.76 bits per heavy atom. The van der Waals surface area contributed by atoms with Gasteiger partial charge in [-0.15, -0.1) is 5.10 Å². The van der Waals surface area contributed by atoms with Gasteiger partial charge in [0.25, 0.3) is 5.91 Å². The molecule has 0 unspecified atom stereocenters. The van der Waals surface area contributed by atoms with Gasteiger partial charge in [0.05, 0.1) is 32.1 Å². The molecule has 0 aromatic carbocycles. The highest BCUT2D eigenvalue weighted by Crippen LogP contribution is 2.16. The fraction of sp³-hybridized carbons (Fsp3) is 0.700. The number of hydrogen-bond acceptors (Lipinski definition) is 5. The van der Waals surface area contributed by atoms with Gasteiger partial charge in [-0.2, -0.15) is 0 Å². The predicted molar refractivity (Wildman–Crippen MR) is 60.5 cm³/mol. The molecule has 0 spiro atoms. The van der Waals surface area contributed by atoms with Crippen LogP contribution in [0.4, 0.5) is 0 Å². The van der Waals surface area contributed by atoms with E-state index in [1.54, 1.807) is 4.68 Å². The Morgan fingerprint density at radius 2 is 2.24 bits per heavy atom. The summed E-state index contributed by atoms with van der Waals surface area (Å²) >= 11 is 0. The molecule has 0 bridgehead atoms. The summed E-state index contributed by atoms with van der Waals surface area (Å²) in [7, 11) is 0. The van der Waals surface area contributed by atoms with E-state index < -0.39 is 5.91 Å². The minimum absolute atomic E-state index is 0.0130. The molecule has 0 aliphatic heterocycles. The number of aliphatic hydroxyl groups is 1. The van der Waals surface area contributed by atoms with Crippen molar-refractivity contribution >= 4 is 5.91 Å². The molecule has 1 aromatic rings. The largest absolute Gasteiger partial charge is 0.394 e. The van der Waals surface area contributed by atoms with Gasteiger partial charge in [0, 0.05) is 0 Å². The van der Waals surface area contributed by atoms with Gasteiger partial charge in [0.1, 0.15) is 0 Å². The number of amides is 1. The fourth-order valence-corrected chi connectivity index (χ4v) is 1.55. The van der Waals surface area contributed by atoms with E-state index in [2.05, 4.69) is 10.3 Å². The van der Waals surface area contributed by atoms with Crippen LogP contribution in [0, 0.1) is 0 Å². The van der Waals surface area contributed by atoms with Crippen LogP contribution in [0.5, 0.6) is 0 Å². The Kier molecular flexibility index (Phi) is 5.05. The lowest BCUT2D eigenvalue weighted by atomic mass is 10.1. The van der Waals surface area contributed by atoms with Crippen LogP contribution in [0.3, 0.4) is 0 Å². The van der Waals surface area contributed by atoms with Crippen LogP contribution < -0.4 is 5.73 Å². The molecule has 0 saturated heterocycles. The van der Waals surface area contributed by atoms with Crippen molar-refractivity contribution in [1.29, 1.82) is 0 Å². The zero-order chi connectivity index (χ0) is 12.8. The van der Waals surface area contributed by atoms with E-state index in [-0.39, 0.29) is 24.8 Å². The van der Waals surface area contributed by atoms with E-state index in [1.165, 1.54) is 0 Å². The van der Waals surface area contributed by atoms with Crippen molar-refractivity contribution in [3.8, 4) is 0 Å². The SMILES string of the molecule is CC(C)c1c(C(N)=O)nnn1CCOCCO. The quantitative estimate of drug-likeness (QED) is 0.628. The molecule has 1 amide bonds. The summed E-state index contributed by atoms with van der Waals surface area (Å²) in [5.41, 5.74) is 6.15. The number of ether oxygens (including phenoxy) is 1. The van der Waals surface area contributed by atoms with Crippen LogP contribution in [0.25, 0.3) is 0 Å². The van der Waals surface area contributed by atoms with E-state index in [0.29, 0.717) is 18.8 Å². The maximum absolute atomic E-state index is 11.2. The first-order chi connectivity index (χ1) is 8.07. The molecule has 0 atom stereocenters. The molecule has 0 aliphatic rings. The summed E-state index contributed by atoms with van der Waals surface area (Å²) in [5, 5.41) is 16.2. The third kappa shape index (κ3) is 3.50. The van der Waals surface area contributed by atoms with Crippen molar-refractivity contribution in [2.45, 2.75) is 26.3 Å². The number of primary amides is 1. The van der Waals surface area contributed by atoms with E-state index in [1.807, 2.05) is 13.8 Å². The van der Waals surface area contributed by atoms with E-state index >= 15 is 0 Å². The van der Waals surface area contributed by atoms with Gasteiger partial charge in [-0.1, -0.05) is 19.1 Å². The van der Waals surface area contributed by atoms with Crippen LogP contribution in [-0.2, 0) is 11.3 Å². The molecule has 0 radical (unpaired) electrons. The first-order valence-electron chi connectivity index (χ1n) is 5.49. The van der Waals surface area contributed by atoms with Crippen LogP contribution in [0.1, 0.15) is 35.9 Å². The molecule has 1 rings (SSSR count). The zero-order valence-corrected chi connectivity index (χ0v) is 10.1. The van der Waals surface area contributed by atoms with Gasteiger partial charge in [-0.3, -0.25) is 4.79 Å². The lowest BCUT2D eigenvalue weighted by Crippen LogP contribution is -2.17. The summed E-state index contributed by atoms with van der Waals surface area (Å²) in [5.74, 6) is -0.471. The molecule has 3 N–H and O–H groups in total. The van der Waals surface area contributed by atoms with E-state index in [0.717, 1.165) is 0 Å². The second-order valence-corrected chi connectivity index (χ2v) is 3.90. The highest BCUT2D eigenvalue weighted by atomic mass is 16.5. The minimum atomic E-state index is -0.573. The van der Waals surface area contributed by atoms with Crippen LogP contribution in [0.15, 0.2) is 0 Å². The third-order valence-electron chi connectivity index (χ3n) is 2.24. The van der Waals surface area contributed by atoms with Gasteiger partial charge in [0.2, 0.25) is 0 Å². The van der Waals surface area contributed by atoms with Crippen molar-refractivity contribution in [2.24, 2.45) is 5.73 Å². The molecule has 7 heteroatoms. The fourth-order valence-electron chi connectivity index (χ4n) is 1.55. The maximum atomic E-state index is 11.2. The van der Waals surface area contributed by atoms with Crippen molar-refractivity contribution in [3.63, 3.8) is 0 Å². The Balaban J connectivity index is 2.74. The summed E-state index contributed by atoms with van der Waals surface area (Å²) in [6, 6.07) is 0. The van der Waals surface area contributed by atoms with Gasteiger partial charge < -0.3 is 15.6 Å². The zero-order valence-electron chi connectivity index (χ0n) is 10.1.